The highest BCUT2D eigenvalue weighted by Gasteiger charge is 2.29. The second kappa shape index (κ2) is 8.80. The molecule has 2 aromatic heterocycles. The van der Waals surface area contributed by atoms with Crippen LogP contribution in [0.25, 0.3) is 34.1 Å². The third kappa shape index (κ3) is 3.77. The minimum absolute atomic E-state index is 0.0967. The first-order valence-electron chi connectivity index (χ1n) is 11.5. The number of rotatable bonds is 6. The fourth-order valence-corrected chi connectivity index (χ4v) is 4.51. The Hall–Kier alpha value is -4.32. The van der Waals surface area contributed by atoms with Crippen LogP contribution in [0.4, 0.5) is 0 Å². The van der Waals surface area contributed by atoms with Crippen LogP contribution in [-0.2, 0) is 7.05 Å². The number of carbonyl (C=O) groups is 1. The maximum atomic E-state index is 13.8. The highest BCUT2D eigenvalue weighted by atomic mass is 16.5. The molecule has 0 bridgehead atoms. The molecule has 6 nitrogen and oxygen atoms in total. The molecule has 2 heterocycles. The number of hydrogen-bond donors (Lipinski definition) is 1. The van der Waals surface area contributed by atoms with E-state index in [2.05, 4.69) is 35.5 Å². The molecule has 176 valence electrons. The van der Waals surface area contributed by atoms with E-state index in [1.54, 1.807) is 26.4 Å². The number of carbonyl (C=O) groups excluding carboxylic acids is 1. The molecule has 0 spiro atoms. The highest BCUT2D eigenvalue weighted by molar-refractivity contribution is 6.10. The van der Waals surface area contributed by atoms with Crippen LogP contribution in [0, 0.1) is 13.8 Å². The first-order chi connectivity index (χ1) is 16.9. The van der Waals surface area contributed by atoms with Gasteiger partial charge < -0.3 is 9.47 Å². The predicted molar refractivity (Wildman–Crippen MR) is 138 cm³/mol. The minimum Gasteiger partial charge on any atom is -0.493 e. The van der Waals surface area contributed by atoms with E-state index in [1.807, 2.05) is 60.0 Å². The van der Waals surface area contributed by atoms with E-state index in [1.165, 1.54) is 11.1 Å². The van der Waals surface area contributed by atoms with E-state index >= 15 is 0 Å². The molecule has 0 fully saturated rings. The van der Waals surface area contributed by atoms with Crippen molar-refractivity contribution in [3.8, 4) is 22.8 Å². The molecule has 0 radical (unpaired) electrons. The Morgan fingerprint density at radius 2 is 1.66 bits per heavy atom. The van der Waals surface area contributed by atoms with Crippen molar-refractivity contribution >= 4 is 28.7 Å². The van der Waals surface area contributed by atoms with Gasteiger partial charge in [-0.25, -0.2) is 9.55 Å². The molecule has 0 unspecified atom stereocenters. The van der Waals surface area contributed by atoms with Gasteiger partial charge in [-0.3, -0.25) is 4.79 Å². The fourth-order valence-electron chi connectivity index (χ4n) is 4.51. The van der Waals surface area contributed by atoms with Crippen LogP contribution >= 0.6 is 0 Å². The molecular weight excluding hydrogens is 438 g/mol. The molecule has 5 rings (SSSR count). The van der Waals surface area contributed by atoms with Crippen molar-refractivity contribution in [2.24, 2.45) is 7.05 Å². The molecular formula is C29H28N3O3+. The molecule has 0 atom stereocenters. The maximum absolute atomic E-state index is 13.8. The van der Waals surface area contributed by atoms with Gasteiger partial charge in [0.25, 0.3) is 0 Å². The number of benzene rings is 3. The van der Waals surface area contributed by atoms with Crippen LogP contribution in [0.5, 0.6) is 11.5 Å². The van der Waals surface area contributed by atoms with Crippen molar-refractivity contribution < 1.29 is 18.8 Å². The van der Waals surface area contributed by atoms with Gasteiger partial charge in [0, 0.05) is 5.56 Å². The lowest BCUT2D eigenvalue weighted by Gasteiger charge is -2.07. The van der Waals surface area contributed by atoms with Gasteiger partial charge in [0.2, 0.25) is 5.78 Å². The van der Waals surface area contributed by atoms with Crippen molar-refractivity contribution in [1.82, 2.24) is 9.38 Å². The molecule has 35 heavy (non-hydrogen) atoms. The van der Waals surface area contributed by atoms with E-state index in [4.69, 9.17) is 9.47 Å². The number of aromatic nitrogens is 3. The van der Waals surface area contributed by atoms with Crippen molar-refractivity contribution in [1.29, 1.82) is 0 Å². The van der Waals surface area contributed by atoms with Gasteiger partial charge in [-0.15, -0.1) is 0 Å². The van der Waals surface area contributed by atoms with Crippen molar-refractivity contribution in [3.05, 3.63) is 89.1 Å². The van der Waals surface area contributed by atoms with Crippen LogP contribution in [0.1, 0.15) is 27.2 Å². The molecule has 0 saturated carbocycles. The SMILES string of the molecule is COc1ccc(/C=C/C(=O)c2c(-c3ccccc3)[nH]c3n2c2cc(C)c(C)cc2[n+]3C)cc1OC. The largest absolute Gasteiger partial charge is 0.493 e. The predicted octanol–water partition coefficient (Wildman–Crippen LogP) is 5.44. The summed E-state index contributed by atoms with van der Waals surface area (Å²) in [6.07, 6.45) is 3.42. The van der Waals surface area contributed by atoms with Crippen molar-refractivity contribution in [2.75, 3.05) is 14.2 Å². The number of methoxy groups -OCH3 is 2. The molecule has 0 aliphatic carbocycles. The van der Waals surface area contributed by atoms with Gasteiger partial charge in [-0.05, 0) is 60.9 Å². The summed E-state index contributed by atoms with van der Waals surface area (Å²) in [5, 5.41) is 0. The molecule has 0 amide bonds. The smallest absolute Gasteiger partial charge is 0.368 e. The average Bonchev–Trinajstić information content (AvgIpc) is 3.39. The topological polar surface area (TPSA) is 59.6 Å². The Bertz CT molecular complexity index is 1610. The number of ketones is 1. The van der Waals surface area contributed by atoms with E-state index in [-0.39, 0.29) is 5.78 Å². The molecule has 0 aliphatic heterocycles. The second-order valence-electron chi connectivity index (χ2n) is 8.67. The Balaban J connectivity index is 1.70. The number of imidazole rings is 2. The summed E-state index contributed by atoms with van der Waals surface area (Å²) in [6.45, 7) is 4.20. The molecule has 3 aromatic carbocycles. The standard InChI is InChI=1S/C29H27N3O3/c1-18-15-22-23(16-19(18)2)32-28(27(30-29(32)31(22)3)21-9-7-6-8-10-21)24(33)13-11-20-12-14-25(34-4)26(17-20)35-5/h6-17H,1-5H3/p+1/b13-11+. The van der Waals surface area contributed by atoms with Gasteiger partial charge in [-0.2, -0.15) is 4.40 Å². The molecule has 0 saturated heterocycles. The summed E-state index contributed by atoms with van der Waals surface area (Å²) < 4.78 is 14.9. The van der Waals surface area contributed by atoms with Gasteiger partial charge in [0.15, 0.2) is 17.2 Å². The minimum atomic E-state index is -0.0967. The number of nitrogens with one attached hydrogen (secondary N) is 1. The first kappa shape index (κ1) is 22.5. The Morgan fingerprint density at radius 3 is 2.37 bits per heavy atom. The Kier molecular flexibility index (Phi) is 5.65. The fraction of sp³-hybridized carbons (Fsp3) is 0.172. The van der Waals surface area contributed by atoms with Crippen LogP contribution in [0.3, 0.4) is 0 Å². The molecule has 0 aliphatic rings. The normalized spacial score (nSPS) is 11.6. The summed E-state index contributed by atoms with van der Waals surface area (Å²) in [5.41, 5.74) is 7.64. The number of H-pyrrole nitrogens is 1. The van der Waals surface area contributed by atoms with E-state index < -0.39 is 0 Å². The van der Waals surface area contributed by atoms with Gasteiger partial charge in [-0.1, -0.05) is 42.5 Å². The summed E-state index contributed by atoms with van der Waals surface area (Å²) in [4.78, 5) is 17.3. The number of hydrogen-bond acceptors (Lipinski definition) is 3. The molecule has 5 aromatic rings. The number of nitrogens with zero attached hydrogens (tertiary/aromatic N) is 2. The lowest BCUT2D eigenvalue weighted by Crippen LogP contribution is -2.27. The summed E-state index contributed by atoms with van der Waals surface area (Å²) >= 11 is 0. The summed E-state index contributed by atoms with van der Waals surface area (Å²) in [6, 6.07) is 19.8. The summed E-state index contributed by atoms with van der Waals surface area (Å²) in [7, 11) is 5.22. The van der Waals surface area contributed by atoms with Gasteiger partial charge in [0.1, 0.15) is 16.7 Å². The lowest BCUT2D eigenvalue weighted by atomic mass is 10.1. The zero-order chi connectivity index (χ0) is 24.7. The summed E-state index contributed by atoms with van der Waals surface area (Å²) in [5.74, 6) is 2.02. The average molecular weight is 467 g/mol. The zero-order valence-corrected chi connectivity index (χ0v) is 20.5. The molecule has 6 heteroatoms. The molecule has 1 N–H and O–H groups in total. The van der Waals surface area contributed by atoms with Gasteiger partial charge in [0.05, 0.1) is 21.3 Å². The highest BCUT2D eigenvalue weighted by Crippen LogP contribution is 2.30. The van der Waals surface area contributed by atoms with Gasteiger partial charge >= 0.3 is 5.78 Å². The first-order valence-corrected chi connectivity index (χ1v) is 11.5. The van der Waals surface area contributed by atoms with Crippen LogP contribution in [0.15, 0.2) is 66.7 Å². The number of fused-ring (bicyclic) bond motifs is 3. The third-order valence-corrected chi connectivity index (χ3v) is 6.55. The zero-order valence-electron chi connectivity index (χ0n) is 20.5. The van der Waals surface area contributed by atoms with Crippen LogP contribution in [0.2, 0.25) is 0 Å². The maximum Gasteiger partial charge on any atom is 0.368 e. The number of allylic oxidation sites excluding steroid dienone is 1. The van der Waals surface area contributed by atoms with E-state index in [9.17, 15) is 4.79 Å². The lowest BCUT2D eigenvalue weighted by molar-refractivity contribution is -0.620. The quantitative estimate of drug-likeness (QED) is 0.206. The second-order valence-corrected chi connectivity index (χ2v) is 8.67. The van der Waals surface area contributed by atoms with E-state index in [0.717, 1.165) is 33.6 Å². The Morgan fingerprint density at radius 1 is 0.943 bits per heavy atom. The van der Waals surface area contributed by atoms with Crippen molar-refractivity contribution in [3.63, 3.8) is 0 Å². The monoisotopic (exact) mass is 466 g/mol. The van der Waals surface area contributed by atoms with Crippen LogP contribution < -0.4 is 14.0 Å². The number of aryl methyl sites for hydroxylation is 3. The Labute approximate surface area is 204 Å². The van der Waals surface area contributed by atoms with E-state index in [0.29, 0.717) is 17.2 Å². The van der Waals surface area contributed by atoms with Crippen molar-refractivity contribution in [2.45, 2.75) is 13.8 Å². The number of ether oxygens (including phenoxy) is 2. The van der Waals surface area contributed by atoms with Crippen LogP contribution in [-0.4, -0.2) is 29.4 Å². The third-order valence-electron chi connectivity index (χ3n) is 6.55. The number of aromatic amines is 1.